The molecule has 1 heterocycles. The van der Waals surface area contributed by atoms with Gasteiger partial charge in [0.05, 0.1) is 11.2 Å². The molecule has 0 saturated heterocycles. The molecule has 94 valence electrons. The van der Waals surface area contributed by atoms with Gasteiger partial charge in [0.2, 0.25) is 0 Å². The van der Waals surface area contributed by atoms with Crippen molar-refractivity contribution >= 4 is 10.2 Å². The van der Waals surface area contributed by atoms with Crippen LogP contribution in [0.4, 0.5) is 0 Å². The summed E-state index contributed by atoms with van der Waals surface area (Å²) in [5.41, 5.74) is 12.3. The summed E-state index contributed by atoms with van der Waals surface area (Å²) >= 11 is 0. The van der Waals surface area contributed by atoms with Crippen molar-refractivity contribution in [3.63, 3.8) is 0 Å². The van der Waals surface area contributed by atoms with Gasteiger partial charge in [-0.3, -0.25) is 9.44 Å². The van der Waals surface area contributed by atoms with Crippen molar-refractivity contribution in [1.29, 1.82) is 0 Å². The van der Waals surface area contributed by atoms with E-state index in [9.17, 15) is 8.42 Å². The van der Waals surface area contributed by atoms with Crippen LogP contribution in [0.15, 0.2) is 35.3 Å². The van der Waals surface area contributed by atoms with Crippen LogP contribution < -0.4 is 20.9 Å². The first kappa shape index (κ1) is 12.0. The molecule has 1 aliphatic carbocycles. The maximum atomic E-state index is 11.5. The number of nitrogens with one attached hydrogen (secondary N) is 2. The monoisotopic (exact) mass is 256 g/mol. The van der Waals surface area contributed by atoms with Gasteiger partial charge in [0.15, 0.2) is 0 Å². The first-order chi connectivity index (χ1) is 7.76. The summed E-state index contributed by atoms with van der Waals surface area (Å²) in [5, 5.41) is 0. The Labute approximate surface area is 101 Å². The highest BCUT2D eigenvalue weighted by atomic mass is 32.2. The summed E-state index contributed by atoms with van der Waals surface area (Å²) < 4.78 is 27.5. The van der Waals surface area contributed by atoms with Gasteiger partial charge >= 0.3 is 10.2 Å². The standard InChI is InChI=1S/C10H16N4O2S/c1-6(2)10(12)5-3-4-7-8(10)9(11)14-17(15,16)13-7/h3-6,13-14H,11-12H2,1-2H3. The van der Waals surface area contributed by atoms with Gasteiger partial charge in [0.1, 0.15) is 5.82 Å². The summed E-state index contributed by atoms with van der Waals surface area (Å²) in [6.45, 7) is 3.91. The second kappa shape index (κ2) is 3.51. The Bertz CT molecular complexity index is 545. The summed E-state index contributed by atoms with van der Waals surface area (Å²) in [5.74, 6) is 0.163. The largest absolute Gasteiger partial charge is 0.384 e. The van der Waals surface area contributed by atoms with E-state index in [0.717, 1.165) is 0 Å². The Hall–Kier alpha value is -1.47. The highest BCUT2D eigenvalue weighted by molar-refractivity contribution is 7.87. The van der Waals surface area contributed by atoms with Crippen LogP contribution in [-0.2, 0) is 10.2 Å². The quantitative estimate of drug-likeness (QED) is 0.502. The normalized spacial score (nSPS) is 30.5. The summed E-state index contributed by atoms with van der Waals surface area (Å²) in [6, 6.07) is 0. The zero-order chi connectivity index (χ0) is 12.8. The van der Waals surface area contributed by atoms with Crippen LogP contribution in [0.25, 0.3) is 0 Å². The van der Waals surface area contributed by atoms with Crippen molar-refractivity contribution in [2.45, 2.75) is 19.4 Å². The average Bonchev–Trinajstić information content (AvgIpc) is 2.14. The Morgan fingerprint density at radius 2 is 2.00 bits per heavy atom. The van der Waals surface area contributed by atoms with E-state index in [2.05, 4.69) is 9.44 Å². The Morgan fingerprint density at radius 3 is 2.59 bits per heavy atom. The molecule has 1 atom stereocenters. The third kappa shape index (κ3) is 1.81. The number of rotatable bonds is 1. The molecule has 0 aromatic heterocycles. The van der Waals surface area contributed by atoms with E-state index in [1.54, 1.807) is 12.2 Å². The smallest absolute Gasteiger partial charge is 0.322 e. The van der Waals surface area contributed by atoms with Gasteiger partial charge in [-0.05, 0) is 12.0 Å². The topological polar surface area (TPSA) is 110 Å². The first-order valence-corrected chi connectivity index (χ1v) is 6.74. The Balaban J connectivity index is 2.62. The second-order valence-electron chi connectivity index (χ2n) is 4.52. The highest BCUT2D eigenvalue weighted by Gasteiger charge is 2.40. The van der Waals surface area contributed by atoms with Crippen molar-refractivity contribution < 1.29 is 8.42 Å². The fourth-order valence-corrected chi connectivity index (χ4v) is 2.92. The molecule has 6 N–H and O–H groups in total. The fourth-order valence-electron chi connectivity index (χ4n) is 2.01. The van der Waals surface area contributed by atoms with Crippen LogP contribution in [0.5, 0.6) is 0 Å². The number of allylic oxidation sites excluding steroid dienone is 2. The number of fused-ring (bicyclic) bond motifs is 1. The molecule has 1 unspecified atom stereocenters. The summed E-state index contributed by atoms with van der Waals surface area (Å²) in [6.07, 6.45) is 5.21. The van der Waals surface area contributed by atoms with Crippen molar-refractivity contribution in [1.82, 2.24) is 9.44 Å². The molecule has 6 nitrogen and oxygen atoms in total. The summed E-state index contributed by atoms with van der Waals surface area (Å²) in [4.78, 5) is 0. The van der Waals surface area contributed by atoms with E-state index in [1.807, 2.05) is 19.9 Å². The van der Waals surface area contributed by atoms with Crippen molar-refractivity contribution in [2.75, 3.05) is 0 Å². The predicted octanol–water partition coefficient (Wildman–Crippen LogP) is -0.598. The van der Waals surface area contributed by atoms with Gasteiger partial charge < -0.3 is 11.5 Å². The van der Waals surface area contributed by atoms with Crippen LogP contribution in [0.2, 0.25) is 0 Å². The highest BCUT2D eigenvalue weighted by Crippen LogP contribution is 2.34. The van der Waals surface area contributed by atoms with Crippen molar-refractivity contribution in [3.05, 3.63) is 35.3 Å². The summed E-state index contributed by atoms with van der Waals surface area (Å²) in [7, 11) is -3.62. The van der Waals surface area contributed by atoms with Gasteiger partial charge in [-0.15, -0.1) is 0 Å². The molecule has 1 aliphatic heterocycles. The minimum absolute atomic E-state index is 0.0792. The van der Waals surface area contributed by atoms with Gasteiger partial charge in [0, 0.05) is 5.57 Å². The molecule has 0 amide bonds. The zero-order valence-corrected chi connectivity index (χ0v) is 10.5. The molecule has 0 aromatic rings. The lowest BCUT2D eigenvalue weighted by atomic mass is 9.76. The van der Waals surface area contributed by atoms with Crippen LogP contribution in [0, 0.1) is 5.92 Å². The molecule has 2 aliphatic rings. The van der Waals surface area contributed by atoms with Crippen LogP contribution >= 0.6 is 0 Å². The minimum Gasteiger partial charge on any atom is -0.384 e. The molecule has 17 heavy (non-hydrogen) atoms. The lowest BCUT2D eigenvalue weighted by Crippen LogP contribution is -2.55. The fraction of sp³-hybridized carbons (Fsp3) is 0.400. The van der Waals surface area contributed by atoms with Gasteiger partial charge in [-0.1, -0.05) is 26.0 Å². The maximum absolute atomic E-state index is 11.5. The maximum Gasteiger partial charge on any atom is 0.322 e. The van der Waals surface area contributed by atoms with Crippen molar-refractivity contribution in [3.8, 4) is 0 Å². The molecule has 0 saturated carbocycles. The molecule has 0 bridgehead atoms. The van der Waals surface area contributed by atoms with E-state index in [1.165, 1.54) is 0 Å². The van der Waals surface area contributed by atoms with Gasteiger partial charge in [-0.2, -0.15) is 8.42 Å². The molecular weight excluding hydrogens is 240 g/mol. The predicted molar refractivity (Wildman–Crippen MR) is 65.4 cm³/mol. The number of hydrogen-bond acceptors (Lipinski definition) is 4. The van der Waals surface area contributed by atoms with Gasteiger partial charge in [-0.25, -0.2) is 0 Å². The SMILES string of the molecule is CC(C)C1(N)C=CC=C2NS(=O)(=O)NC(N)=C21. The zero-order valence-electron chi connectivity index (χ0n) is 9.69. The third-order valence-corrected chi connectivity index (χ3v) is 4.03. The Morgan fingerprint density at radius 1 is 1.35 bits per heavy atom. The van der Waals surface area contributed by atoms with Crippen molar-refractivity contribution in [2.24, 2.45) is 17.4 Å². The van der Waals surface area contributed by atoms with E-state index >= 15 is 0 Å². The first-order valence-electron chi connectivity index (χ1n) is 5.26. The molecule has 2 rings (SSSR count). The number of hydrogen-bond donors (Lipinski definition) is 4. The Kier molecular flexibility index (Phi) is 2.48. The lowest BCUT2D eigenvalue weighted by Gasteiger charge is -2.39. The van der Waals surface area contributed by atoms with Crippen LogP contribution in [-0.4, -0.2) is 14.0 Å². The second-order valence-corrected chi connectivity index (χ2v) is 5.94. The van der Waals surface area contributed by atoms with E-state index in [4.69, 9.17) is 11.5 Å². The van der Waals surface area contributed by atoms with E-state index in [0.29, 0.717) is 11.3 Å². The molecule has 7 heteroatoms. The average molecular weight is 256 g/mol. The third-order valence-electron chi connectivity index (χ3n) is 3.05. The van der Waals surface area contributed by atoms with Gasteiger partial charge in [0.25, 0.3) is 0 Å². The molecule has 0 radical (unpaired) electrons. The van der Waals surface area contributed by atoms with Crippen LogP contribution in [0.3, 0.4) is 0 Å². The molecule has 0 spiro atoms. The van der Waals surface area contributed by atoms with E-state index < -0.39 is 15.7 Å². The van der Waals surface area contributed by atoms with E-state index in [-0.39, 0.29) is 11.7 Å². The molecular formula is C10H16N4O2S. The molecule has 0 aromatic carbocycles. The lowest BCUT2D eigenvalue weighted by molar-refractivity contribution is 0.434. The van der Waals surface area contributed by atoms with Crippen LogP contribution in [0.1, 0.15) is 13.8 Å². The molecule has 0 fully saturated rings. The minimum atomic E-state index is -3.62. The number of nitrogens with two attached hydrogens (primary N) is 2.